The van der Waals surface area contributed by atoms with Gasteiger partial charge in [0.05, 0.1) is 6.54 Å². The number of likely N-dealkylation sites (N-methyl/N-ethyl adjacent to an activating group) is 1. The van der Waals surface area contributed by atoms with Gasteiger partial charge in [-0.3, -0.25) is 4.68 Å². The van der Waals surface area contributed by atoms with Crippen LogP contribution < -0.4 is 0 Å². The molecule has 0 fully saturated rings. The average molecular weight is 176 g/mol. The molecule has 1 rings (SSSR count). The van der Waals surface area contributed by atoms with E-state index in [4.69, 9.17) is 0 Å². The van der Waals surface area contributed by atoms with E-state index in [0.29, 0.717) is 0 Å². The number of hydrogen-bond donors (Lipinski definition) is 0. The van der Waals surface area contributed by atoms with Gasteiger partial charge in [0.15, 0.2) is 0 Å². The first-order valence-electron chi connectivity index (χ1n) is 3.41. The Morgan fingerprint density at radius 2 is 2.18 bits per heavy atom. The third-order valence-electron chi connectivity index (χ3n) is 1.34. The van der Waals surface area contributed by atoms with E-state index in [9.17, 15) is 0 Å². The highest BCUT2D eigenvalue weighted by Gasteiger charge is 1.90. The van der Waals surface area contributed by atoms with Crippen LogP contribution in [0.3, 0.4) is 0 Å². The minimum Gasteiger partial charge on any atom is -0.308 e. The molecule has 0 amide bonds. The van der Waals surface area contributed by atoms with E-state index < -0.39 is 0 Å². The fourth-order valence-electron chi connectivity index (χ4n) is 0.735. The van der Waals surface area contributed by atoms with E-state index >= 15 is 0 Å². The van der Waals surface area contributed by atoms with Crippen LogP contribution in [0.2, 0.25) is 0 Å². The molecule has 0 aromatic carbocycles. The summed E-state index contributed by atoms with van der Waals surface area (Å²) >= 11 is 0. The summed E-state index contributed by atoms with van der Waals surface area (Å²) in [5, 5.41) is 4.08. The second kappa shape index (κ2) is 5.16. The Labute approximate surface area is 73.4 Å². The molecule has 1 aromatic heterocycles. The third kappa shape index (κ3) is 4.01. The molecule has 1 aromatic rings. The van der Waals surface area contributed by atoms with Gasteiger partial charge in [0.2, 0.25) is 0 Å². The monoisotopic (exact) mass is 175 g/mol. The molecule has 0 aliphatic carbocycles. The largest absolute Gasteiger partial charge is 0.308 e. The summed E-state index contributed by atoms with van der Waals surface area (Å²) < 4.78 is 1.93. The van der Waals surface area contributed by atoms with Crippen LogP contribution in [-0.2, 0) is 6.54 Å². The predicted octanol–water partition coefficient (Wildman–Crippen LogP) is 0.866. The number of nitrogens with zero attached hydrogens (tertiary/aromatic N) is 3. The maximum Gasteiger partial charge on any atom is 0.0536 e. The molecule has 0 unspecified atom stereocenters. The van der Waals surface area contributed by atoms with Crippen LogP contribution in [0, 0.1) is 0 Å². The summed E-state index contributed by atoms with van der Waals surface area (Å²) in [4.78, 5) is 2.14. The van der Waals surface area contributed by atoms with Crippen molar-refractivity contribution in [1.82, 2.24) is 14.7 Å². The standard InChI is InChI=1S/C7H13N3.ClH/c1-9(2)6-7-10-5-3-4-8-10;/h3-5H,6-7H2,1-2H3;1H. The van der Waals surface area contributed by atoms with E-state index in [1.165, 1.54) is 0 Å². The van der Waals surface area contributed by atoms with Gasteiger partial charge in [0, 0.05) is 18.9 Å². The van der Waals surface area contributed by atoms with Crippen molar-refractivity contribution in [2.24, 2.45) is 0 Å². The van der Waals surface area contributed by atoms with Crippen LogP contribution in [0.15, 0.2) is 18.5 Å². The normalized spacial score (nSPS) is 9.73. The lowest BCUT2D eigenvalue weighted by molar-refractivity contribution is 0.373. The zero-order chi connectivity index (χ0) is 7.40. The van der Waals surface area contributed by atoms with Crippen LogP contribution in [0.1, 0.15) is 0 Å². The highest BCUT2D eigenvalue weighted by Crippen LogP contribution is 1.84. The summed E-state index contributed by atoms with van der Waals surface area (Å²) in [5.41, 5.74) is 0. The quantitative estimate of drug-likeness (QED) is 0.680. The summed E-state index contributed by atoms with van der Waals surface area (Å²) in [6.45, 7) is 2.02. The fraction of sp³-hybridized carbons (Fsp3) is 0.571. The van der Waals surface area contributed by atoms with Crippen molar-refractivity contribution in [3.63, 3.8) is 0 Å². The Kier molecular flexibility index (Phi) is 4.90. The van der Waals surface area contributed by atoms with E-state index in [1.807, 2.05) is 16.9 Å². The molecular weight excluding hydrogens is 162 g/mol. The van der Waals surface area contributed by atoms with Crippen LogP contribution in [-0.4, -0.2) is 35.3 Å². The van der Waals surface area contributed by atoms with Crippen molar-refractivity contribution in [3.8, 4) is 0 Å². The summed E-state index contributed by atoms with van der Waals surface area (Å²) in [7, 11) is 4.12. The lowest BCUT2D eigenvalue weighted by atomic mass is 10.6. The fourth-order valence-corrected chi connectivity index (χ4v) is 0.735. The van der Waals surface area contributed by atoms with Gasteiger partial charge >= 0.3 is 0 Å². The van der Waals surface area contributed by atoms with Gasteiger partial charge < -0.3 is 4.90 Å². The minimum absolute atomic E-state index is 0. The predicted molar refractivity (Wildman–Crippen MR) is 48.0 cm³/mol. The second-order valence-electron chi connectivity index (χ2n) is 2.57. The Hall–Kier alpha value is -0.540. The van der Waals surface area contributed by atoms with Crippen molar-refractivity contribution >= 4 is 12.4 Å². The third-order valence-corrected chi connectivity index (χ3v) is 1.34. The van der Waals surface area contributed by atoms with Gasteiger partial charge in [0.25, 0.3) is 0 Å². The zero-order valence-electron chi connectivity index (χ0n) is 6.90. The topological polar surface area (TPSA) is 21.1 Å². The molecule has 0 radical (unpaired) electrons. The Morgan fingerprint density at radius 1 is 1.45 bits per heavy atom. The molecule has 0 aliphatic rings. The maximum absolute atomic E-state index is 4.08. The van der Waals surface area contributed by atoms with Crippen molar-refractivity contribution in [1.29, 1.82) is 0 Å². The van der Waals surface area contributed by atoms with Crippen molar-refractivity contribution in [3.05, 3.63) is 18.5 Å². The van der Waals surface area contributed by atoms with E-state index in [0.717, 1.165) is 13.1 Å². The van der Waals surface area contributed by atoms with E-state index in [1.54, 1.807) is 6.20 Å². The van der Waals surface area contributed by atoms with Gasteiger partial charge in [-0.1, -0.05) is 0 Å². The molecule has 4 heteroatoms. The highest BCUT2D eigenvalue weighted by atomic mass is 35.5. The molecule has 0 atom stereocenters. The molecule has 0 spiro atoms. The number of hydrogen-bond acceptors (Lipinski definition) is 2. The summed E-state index contributed by atoms with van der Waals surface area (Å²) in [6, 6.07) is 1.94. The summed E-state index contributed by atoms with van der Waals surface area (Å²) in [5.74, 6) is 0. The number of rotatable bonds is 3. The molecule has 3 nitrogen and oxygen atoms in total. The van der Waals surface area contributed by atoms with Crippen LogP contribution in [0.4, 0.5) is 0 Å². The molecule has 0 saturated heterocycles. The first-order valence-corrected chi connectivity index (χ1v) is 3.41. The van der Waals surface area contributed by atoms with Crippen LogP contribution in [0.5, 0.6) is 0 Å². The SMILES string of the molecule is CN(C)CCn1cccn1.Cl. The lowest BCUT2D eigenvalue weighted by Crippen LogP contribution is -2.18. The van der Waals surface area contributed by atoms with Crippen LogP contribution >= 0.6 is 12.4 Å². The molecule has 0 N–H and O–H groups in total. The molecular formula is C7H14ClN3. The molecule has 11 heavy (non-hydrogen) atoms. The van der Waals surface area contributed by atoms with E-state index in [-0.39, 0.29) is 12.4 Å². The molecule has 0 aliphatic heterocycles. The average Bonchev–Trinajstić information content (AvgIpc) is 2.34. The Morgan fingerprint density at radius 3 is 2.64 bits per heavy atom. The molecule has 0 bridgehead atoms. The van der Waals surface area contributed by atoms with Gasteiger partial charge in [-0.05, 0) is 20.2 Å². The first kappa shape index (κ1) is 10.5. The minimum atomic E-state index is 0. The molecule has 64 valence electrons. The zero-order valence-corrected chi connectivity index (χ0v) is 7.71. The van der Waals surface area contributed by atoms with Gasteiger partial charge in [-0.15, -0.1) is 12.4 Å². The van der Waals surface area contributed by atoms with Crippen molar-refractivity contribution in [2.75, 3.05) is 20.6 Å². The first-order chi connectivity index (χ1) is 4.79. The van der Waals surface area contributed by atoms with Crippen molar-refractivity contribution < 1.29 is 0 Å². The number of aromatic nitrogens is 2. The molecule has 1 heterocycles. The molecule has 0 saturated carbocycles. The lowest BCUT2D eigenvalue weighted by Gasteiger charge is -2.08. The smallest absolute Gasteiger partial charge is 0.0536 e. The highest BCUT2D eigenvalue weighted by molar-refractivity contribution is 5.85. The van der Waals surface area contributed by atoms with Crippen LogP contribution in [0.25, 0.3) is 0 Å². The maximum atomic E-state index is 4.08. The van der Waals surface area contributed by atoms with Gasteiger partial charge in [-0.2, -0.15) is 5.10 Å². The van der Waals surface area contributed by atoms with E-state index in [2.05, 4.69) is 24.1 Å². The Balaban J connectivity index is 0.000001000. The number of halogens is 1. The van der Waals surface area contributed by atoms with Crippen molar-refractivity contribution in [2.45, 2.75) is 6.54 Å². The Bertz CT molecular complexity index is 172. The van der Waals surface area contributed by atoms with Gasteiger partial charge in [-0.25, -0.2) is 0 Å². The summed E-state index contributed by atoms with van der Waals surface area (Å²) in [6.07, 6.45) is 3.78. The van der Waals surface area contributed by atoms with Gasteiger partial charge in [0.1, 0.15) is 0 Å². The second-order valence-corrected chi connectivity index (χ2v) is 2.57.